The standard InChI is InChI=1S/C9H14ClN3O/c1-7(10)6-12(2)9(14)8-4-5-13(3)11-8/h4-5,7H,6H2,1-3H3. The van der Waals surface area contributed by atoms with Gasteiger partial charge in [-0.25, -0.2) is 0 Å². The fraction of sp³-hybridized carbons (Fsp3) is 0.556. The molecule has 14 heavy (non-hydrogen) atoms. The van der Waals surface area contributed by atoms with Crippen molar-refractivity contribution >= 4 is 17.5 Å². The molecule has 1 atom stereocenters. The topological polar surface area (TPSA) is 38.1 Å². The Morgan fingerprint density at radius 1 is 1.79 bits per heavy atom. The number of aromatic nitrogens is 2. The Balaban J connectivity index is 2.65. The highest BCUT2D eigenvalue weighted by Crippen LogP contribution is 2.03. The molecule has 0 bridgehead atoms. The summed E-state index contributed by atoms with van der Waals surface area (Å²) in [5.41, 5.74) is 0.451. The third kappa shape index (κ3) is 2.73. The Kier molecular flexibility index (Phi) is 3.52. The molecule has 0 aliphatic carbocycles. The van der Waals surface area contributed by atoms with E-state index in [1.807, 2.05) is 6.92 Å². The van der Waals surface area contributed by atoms with E-state index in [4.69, 9.17) is 11.6 Å². The van der Waals surface area contributed by atoms with E-state index in [2.05, 4.69) is 5.10 Å². The number of hydrogen-bond acceptors (Lipinski definition) is 2. The van der Waals surface area contributed by atoms with Crippen LogP contribution in [0.1, 0.15) is 17.4 Å². The molecule has 1 rings (SSSR count). The number of carbonyl (C=O) groups excluding carboxylic acids is 1. The summed E-state index contributed by atoms with van der Waals surface area (Å²) >= 11 is 5.79. The summed E-state index contributed by atoms with van der Waals surface area (Å²) < 4.78 is 1.60. The summed E-state index contributed by atoms with van der Waals surface area (Å²) in [6.07, 6.45) is 1.74. The van der Waals surface area contributed by atoms with Gasteiger partial charge in [-0.1, -0.05) is 0 Å². The van der Waals surface area contributed by atoms with Crippen LogP contribution in [0.5, 0.6) is 0 Å². The number of halogens is 1. The van der Waals surface area contributed by atoms with Crippen LogP contribution in [0.3, 0.4) is 0 Å². The van der Waals surface area contributed by atoms with E-state index in [0.29, 0.717) is 12.2 Å². The second-order valence-corrected chi connectivity index (χ2v) is 4.09. The fourth-order valence-electron chi connectivity index (χ4n) is 1.18. The summed E-state index contributed by atoms with van der Waals surface area (Å²) in [5, 5.41) is 3.97. The van der Waals surface area contributed by atoms with Gasteiger partial charge in [0.1, 0.15) is 5.69 Å². The minimum Gasteiger partial charge on any atom is -0.339 e. The first-order valence-electron chi connectivity index (χ1n) is 4.40. The molecule has 0 saturated carbocycles. The summed E-state index contributed by atoms with van der Waals surface area (Å²) in [5.74, 6) is -0.0990. The molecule has 4 nitrogen and oxygen atoms in total. The molecule has 1 aromatic heterocycles. The second kappa shape index (κ2) is 4.46. The highest BCUT2D eigenvalue weighted by atomic mass is 35.5. The predicted octanol–water partition coefficient (Wildman–Crippen LogP) is 1.12. The molecule has 1 aromatic rings. The van der Waals surface area contributed by atoms with Crippen molar-refractivity contribution in [2.75, 3.05) is 13.6 Å². The molecule has 0 aliphatic heterocycles. The molecule has 0 spiro atoms. The number of alkyl halides is 1. The van der Waals surface area contributed by atoms with Crippen molar-refractivity contribution in [3.63, 3.8) is 0 Å². The Labute approximate surface area is 88.5 Å². The lowest BCUT2D eigenvalue weighted by Gasteiger charge is -2.16. The summed E-state index contributed by atoms with van der Waals surface area (Å²) in [6.45, 7) is 2.38. The maximum atomic E-state index is 11.7. The molecule has 1 unspecified atom stereocenters. The maximum absolute atomic E-state index is 11.7. The Bertz CT molecular complexity index is 322. The number of aryl methyl sites for hydroxylation is 1. The van der Waals surface area contributed by atoms with E-state index in [0.717, 1.165) is 0 Å². The van der Waals surface area contributed by atoms with E-state index in [1.54, 1.807) is 35.9 Å². The van der Waals surface area contributed by atoms with Crippen LogP contribution < -0.4 is 0 Å². The third-order valence-corrected chi connectivity index (χ3v) is 1.94. The average molecular weight is 216 g/mol. The largest absolute Gasteiger partial charge is 0.339 e. The molecular formula is C9H14ClN3O. The lowest BCUT2D eigenvalue weighted by atomic mass is 10.3. The first-order chi connectivity index (χ1) is 6.50. The zero-order chi connectivity index (χ0) is 10.7. The highest BCUT2D eigenvalue weighted by Gasteiger charge is 2.15. The molecule has 0 fully saturated rings. The molecule has 0 aliphatic rings. The lowest BCUT2D eigenvalue weighted by molar-refractivity contribution is 0.0789. The molecule has 0 radical (unpaired) electrons. The van der Waals surface area contributed by atoms with Gasteiger partial charge < -0.3 is 4.90 Å². The number of hydrogen-bond donors (Lipinski definition) is 0. The summed E-state index contributed by atoms with van der Waals surface area (Å²) in [6, 6.07) is 1.69. The second-order valence-electron chi connectivity index (χ2n) is 3.34. The first-order valence-corrected chi connectivity index (χ1v) is 4.83. The van der Waals surface area contributed by atoms with E-state index in [-0.39, 0.29) is 11.3 Å². The highest BCUT2D eigenvalue weighted by molar-refractivity contribution is 6.20. The molecular weight excluding hydrogens is 202 g/mol. The van der Waals surface area contributed by atoms with Crippen molar-refractivity contribution in [2.45, 2.75) is 12.3 Å². The van der Waals surface area contributed by atoms with Gasteiger partial charge in [0, 0.05) is 32.2 Å². The van der Waals surface area contributed by atoms with Crippen LogP contribution in [0.4, 0.5) is 0 Å². The quantitative estimate of drug-likeness (QED) is 0.709. The van der Waals surface area contributed by atoms with Crippen molar-refractivity contribution in [1.82, 2.24) is 14.7 Å². The van der Waals surface area contributed by atoms with Crippen LogP contribution >= 0.6 is 11.6 Å². The average Bonchev–Trinajstić information content (AvgIpc) is 2.49. The van der Waals surface area contributed by atoms with E-state index < -0.39 is 0 Å². The number of nitrogens with zero attached hydrogens (tertiary/aromatic N) is 3. The number of carbonyl (C=O) groups is 1. The minimum atomic E-state index is -0.0990. The molecule has 1 amide bonds. The fourth-order valence-corrected chi connectivity index (χ4v) is 1.39. The number of amides is 1. The molecule has 0 saturated heterocycles. The summed E-state index contributed by atoms with van der Waals surface area (Å²) in [7, 11) is 3.50. The molecule has 0 N–H and O–H groups in total. The molecule has 78 valence electrons. The van der Waals surface area contributed by atoms with Crippen LogP contribution in [0.2, 0.25) is 0 Å². The molecule has 1 heterocycles. The Morgan fingerprint density at radius 3 is 2.86 bits per heavy atom. The van der Waals surface area contributed by atoms with Gasteiger partial charge in [0.2, 0.25) is 0 Å². The molecule has 5 heteroatoms. The predicted molar refractivity (Wildman–Crippen MR) is 55.5 cm³/mol. The van der Waals surface area contributed by atoms with Crippen molar-refractivity contribution in [3.8, 4) is 0 Å². The zero-order valence-electron chi connectivity index (χ0n) is 8.57. The Hall–Kier alpha value is -1.03. The van der Waals surface area contributed by atoms with Gasteiger partial charge >= 0.3 is 0 Å². The zero-order valence-corrected chi connectivity index (χ0v) is 9.32. The summed E-state index contributed by atoms with van der Waals surface area (Å²) in [4.78, 5) is 13.3. The van der Waals surface area contributed by atoms with Gasteiger partial charge in [-0.15, -0.1) is 11.6 Å². The van der Waals surface area contributed by atoms with Crippen LogP contribution in [-0.4, -0.2) is 39.6 Å². The third-order valence-electron chi connectivity index (χ3n) is 1.80. The van der Waals surface area contributed by atoms with E-state index in [9.17, 15) is 4.79 Å². The molecule has 0 aromatic carbocycles. The van der Waals surface area contributed by atoms with Crippen LogP contribution in [0, 0.1) is 0 Å². The van der Waals surface area contributed by atoms with Crippen molar-refractivity contribution in [2.24, 2.45) is 7.05 Å². The maximum Gasteiger partial charge on any atom is 0.274 e. The SMILES string of the molecule is CC(Cl)CN(C)C(=O)c1ccn(C)n1. The Morgan fingerprint density at radius 2 is 2.43 bits per heavy atom. The number of rotatable bonds is 3. The van der Waals surface area contributed by atoms with Gasteiger partial charge in [-0.2, -0.15) is 5.10 Å². The van der Waals surface area contributed by atoms with E-state index >= 15 is 0 Å². The van der Waals surface area contributed by atoms with E-state index in [1.165, 1.54) is 0 Å². The van der Waals surface area contributed by atoms with Gasteiger partial charge in [-0.3, -0.25) is 9.48 Å². The normalized spacial score (nSPS) is 12.6. The van der Waals surface area contributed by atoms with Crippen molar-refractivity contribution in [3.05, 3.63) is 18.0 Å². The lowest BCUT2D eigenvalue weighted by Crippen LogP contribution is -2.31. The van der Waals surface area contributed by atoms with Gasteiger partial charge in [0.25, 0.3) is 5.91 Å². The van der Waals surface area contributed by atoms with Gasteiger partial charge in [0.05, 0.1) is 0 Å². The minimum absolute atomic E-state index is 0.0485. The van der Waals surface area contributed by atoms with Crippen LogP contribution in [-0.2, 0) is 7.05 Å². The van der Waals surface area contributed by atoms with Gasteiger partial charge in [0.15, 0.2) is 0 Å². The smallest absolute Gasteiger partial charge is 0.274 e. The monoisotopic (exact) mass is 215 g/mol. The van der Waals surface area contributed by atoms with Gasteiger partial charge in [-0.05, 0) is 13.0 Å². The van der Waals surface area contributed by atoms with Crippen molar-refractivity contribution in [1.29, 1.82) is 0 Å². The van der Waals surface area contributed by atoms with Crippen LogP contribution in [0.25, 0.3) is 0 Å². The van der Waals surface area contributed by atoms with Crippen molar-refractivity contribution < 1.29 is 4.79 Å². The first kappa shape index (κ1) is 11.0. The van der Waals surface area contributed by atoms with Crippen LogP contribution in [0.15, 0.2) is 12.3 Å².